The molecule has 3 atom stereocenters. The van der Waals surface area contributed by atoms with E-state index in [0.717, 1.165) is 41.2 Å². The van der Waals surface area contributed by atoms with E-state index in [0.29, 0.717) is 5.92 Å². The molecule has 0 spiro atoms. The van der Waals surface area contributed by atoms with Gasteiger partial charge in [-0.05, 0) is 67.3 Å². The van der Waals surface area contributed by atoms with E-state index in [1.54, 1.807) is 7.11 Å². The quantitative estimate of drug-likeness (QED) is 0.885. The van der Waals surface area contributed by atoms with E-state index in [1.807, 2.05) is 13.0 Å². The van der Waals surface area contributed by atoms with Gasteiger partial charge in [-0.25, -0.2) is 0 Å². The Morgan fingerprint density at radius 3 is 2.58 bits per heavy atom. The topological polar surface area (TPSA) is 29.5 Å². The Labute approximate surface area is 116 Å². The van der Waals surface area contributed by atoms with Gasteiger partial charge in [0.15, 0.2) is 0 Å². The van der Waals surface area contributed by atoms with Gasteiger partial charge >= 0.3 is 0 Å². The van der Waals surface area contributed by atoms with Crippen molar-refractivity contribution in [2.45, 2.75) is 52.6 Å². The third kappa shape index (κ3) is 3.11. The van der Waals surface area contributed by atoms with Crippen molar-refractivity contribution in [1.29, 1.82) is 0 Å². The first-order valence-electron chi connectivity index (χ1n) is 7.36. The molecule has 0 bridgehead atoms. The molecule has 106 valence electrons. The minimum atomic E-state index is -0.327. The lowest BCUT2D eigenvalue weighted by molar-refractivity contribution is 0.0708. The fourth-order valence-corrected chi connectivity index (χ4v) is 3.37. The molecule has 1 N–H and O–H groups in total. The van der Waals surface area contributed by atoms with Crippen molar-refractivity contribution in [3.05, 3.63) is 28.8 Å². The summed E-state index contributed by atoms with van der Waals surface area (Å²) in [5.41, 5.74) is 3.32. The highest BCUT2D eigenvalue weighted by molar-refractivity contribution is 5.42. The first-order valence-corrected chi connectivity index (χ1v) is 7.36. The first-order chi connectivity index (χ1) is 9.02. The van der Waals surface area contributed by atoms with Gasteiger partial charge in [-0.15, -0.1) is 0 Å². The molecule has 0 amide bonds. The number of hydrogen-bond acceptors (Lipinski definition) is 2. The predicted molar refractivity (Wildman–Crippen MR) is 78.5 cm³/mol. The zero-order chi connectivity index (χ0) is 14.0. The highest BCUT2D eigenvalue weighted by Gasteiger charge is 2.27. The summed E-state index contributed by atoms with van der Waals surface area (Å²) in [6.45, 7) is 6.40. The van der Waals surface area contributed by atoms with E-state index in [4.69, 9.17) is 4.74 Å². The Kier molecular flexibility index (Phi) is 4.51. The second-order valence-corrected chi connectivity index (χ2v) is 6.16. The summed E-state index contributed by atoms with van der Waals surface area (Å²) in [6, 6.07) is 4.14. The smallest absolute Gasteiger partial charge is 0.122 e. The van der Waals surface area contributed by atoms with Crippen LogP contribution in [0.25, 0.3) is 0 Å². The van der Waals surface area contributed by atoms with Gasteiger partial charge < -0.3 is 9.84 Å². The lowest BCUT2D eigenvalue weighted by Gasteiger charge is -2.31. The van der Waals surface area contributed by atoms with Gasteiger partial charge in [0.05, 0.1) is 13.2 Å². The molecule has 2 rings (SSSR count). The lowest BCUT2D eigenvalue weighted by atomic mass is 9.77. The first kappa shape index (κ1) is 14.4. The standard InChI is InChI=1S/C17H26O2/c1-11-6-5-7-14(8-11)17(18)15-9-13(3)16(19-4)10-12(15)2/h9-11,14,17-18H,5-8H2,1-4H3. The molecule has 2 nitrogen and oxygen atoms in total. The number of aliphatic hydroxyl groups is 1. The van der Waals surface area contributed by atoms with E-state index >= 15 is 0 Å². The Morgan fingerprint density at radius 1 is 1.21 bits per heavy atom. The number of benzene rings is 1. The van der Waals surface area contributed by atoms with E-state index in [1.165, 1.54) is 12.8 Å². The summed E-state index contributed by atoms with van der Waals surface area (Å²) >= 11 is 0. The highest BCUT2D eigenvalue weighted by atomic mass is 16.5. The molecule has 19 heavy (non-hydrogen) atoms. The van der Waals surface area contributed by atoms with Gasteiger partial charge in [0, 0.05) is 0 Å². The number of ether oxygens (including phenoxy) is 1. The van der Waals surface area contributed by atoms with Gasteiger partial charge in [0.25, 0.3) is 0 Å². The summed E-state index contributed by atoms with van der Waals surface area (Å²) in [5, 5.41) is 10.7. The number of methoxy groups -OCH3 is 1. The molecular weight excluding hydrogens is 236 g/mol. The van der Waals surface area contributed by atoms with Crippen LogP contribution in [-0.4, -0.2) is 12.2 Å². The summed E-state index contributed by atoms with van der Waals surface area (Å²) < 4.78 is 5.34. The van der Waals surface area contributed by atoms with Crippen LogP contribution in [0.4, 0.5) is 0 Å². The van der Waals surface area contributed by atoms with Crippen LogP contribution in [0.15, 0.2) is 12.1 Å². The molecule has 1 aliphatic carbocycles. The largest absolute Gasteiger partial charge is 0.496 e. The van der Waals surface area contributed by atoms with Gasteiger partial charge in [-0.1, -0.05) is 19.8 Å². The normalized spacial score (nSPS) is 25.1. The van der Waals surface area contributed by atoms with Crippen molar-refractivity contribution in [2.24, 2.45) is 11.8 Å². The Bertz CT molecular complexity index is 439. The van der Waals surface area contributed by atoms with Crippen LogP contribution in [0.3, 0.4) is 0 Å². The molecule has 0 aromatic heterocycles. The van der Waals surface area contributed by atoms with Crippen LogP contribution in [0, 0.1) is 25.7 Å². The summed E-state index contributed by atoms with van der Waals surface area (Å²) in [5.74, 6) is 2.06. The predicted octanol–water partition coefficient (Wildman–Crippen LogP) is 4.17. The third-order valence-corrected chi connectivity index (χ3v) is 4.53. The number of aryl methyl sites for hydroxylation is 2. The minimum absolute atomic E-state index is 0.327. The van der Waals surface area contributed by atoms with Crippen molar-refractivity contribution in [1.82, 2.24) is 0 Å². The van der Waals surface area contributed by atoms with Crippen molar-refractivity contribution in [3.8, 4) is 5.75 Å². The van der Waals surface area contributed by atoms with Gasteiger partial charge in [-0.3, -0.25) is 0 Å². The highest BCUT2D eigenvalue weighted by Crippen LogP contribution is 2.39. The Hall–Kier alpha value is -1.02. The number of hydrogen-bond donors (Lipinski definition) is 1. The van der Waals surface area contributed by atoms with Crippen LogP contribution >= 0.6 is 0 Å². The average Bonchev–Trinajstić information content (AvgIpc) is 2.40. The third-order valence-electron chi connectivity index (χ3n) is 4.53. The second kappa shape index (κ2) is 5.96. The van der Waals surface area contributed by atoms with E-state index in [9.17, 15) is 5.11 Å². The fourth-order valence-electron chi connectivity index (χ4n) is 3.37. The molecule has 0 saturated heterocycles. The number of rotatable bonds is 3. The van der Waals surface area contributed by atoms with Gasteiger partial charge in [-0.2, -0.15) is 0 Å². The summed E-state index contributed by atoms with van der Waals surface area (Å²) in [6.07, 6.45) is 4.52. The Balaban J connectivity index is 2.23. The SMILES string of the molecule is COc1cc(C)c(C(O)C2CCCC(C)C2)cc1C. The molecule has 0 heterocycles. The lowest BCUT2D eigenvalue weighted by Crippen LogP contribution is -2.21. The molecule has 1 aromatic rings. The monoisotopic (exact) mass is 262 g/mol. The molecule has 0 aliphatic heterocycles. The molecule has 3 unspecified atom stereocenters. The maximum atomic E-state index is 10.7. The molecule has 2 heteroatoms. The van der Waals surface area contributed by atoms with Crippen LogP contribution in [-0.2, 0) is 0 Å². The molecule has 1 aliphatic rings. The van der Waals surface area contributed by atoms with E-state index < -0.39 is 0 Å². The van der Waals surface area contributed by atoms with Crippen molar-refractivity contribution < 1.29 is 9.84 Å². The molecular formula is C17H26O2. The van der Waals surface area contributed by atoms with Crippen molar-refractivity contribution in [3.63, 3.8) is 0 Å². The summed E-state index contributed by atoms with van der Waals surface area (Å²) in [7, 11) is 1.70. The fraction of sp³-hybridized carbons (Fsp3) is 0.647. The molecule has 0 radical (unpaired) electrons. The van der Waals surface area contributed by atoms with Gasteiger partial charge in [0.1, 0.15) is 5.75 Å². The minimum Gasteiger partial charge on any atom is -0.496 e. The maximum Gasteiger partial charge on any atom is 0.122 e. The molecule has 1 saturated carbocycles. The molecule has 1 fully saturated rings. The van der Waals surface area contributed by atoms with Crippen molar-refractivity contribution >= 4 is 0 Å². The van der Waals surface area contributed by atoms with E-state index in [2.05, 4.69) is 19.9 Å². The van der Waals surface area contributed by atoms with Crippen LogP contribution in [0.1, 0.15) is 55.4 Å². The summed E-state index contributed by atoms with van der Waals surface area (Å²) in [4.78, 5) is 0. The Morgan fingerprint density at radius 2 is 1.95 bits per heavy atom. The van der Waals surface area contributed by atoms with Crippen LogP contribution < -0.4 is 4.74 Å². The number of aliphatic hydroxyl groups excluding tert-OH is 1. The second-order valence-electron chi connectivity index (χ2n) is 6.16. The average molecular weight is 262 g/mol. The zero-order valence-corrected chi connectivity index (χ0v) is 12.6. The van der Waals surface area contributed by atoms with E-state index in [-0.39, 0.29) is 6.10 Å². The zero-order valence-electron chi connectivity index (χ0n) is 12.6. The van der Waals surface area contributed by atoms with Crippen molar-refractivity contribution in [2.75, 3.05) is 7.11 Å². The van der Waals surface area contributed by atoms with Gasteiger partial charge in [0.2, 0.25) is 0 Å². The van der Waals surface area contributed by atoms with Crippen LogP contribution in [0.2, 0.25) is 0 Å². The maximum absolute atomic E-state index is 10.7. The van der Waals surface area contributed by atoms with Crippen LogP contribution in [0.5, 0.6) is 5.75 Å². The molecule has 1 aromatic carbocycles.